The van der Waals surface area contributed by atoms with Crippen LogP contribution in [0, 0.1) is 5.82 Å². The van der Waals surface area contributed by atoms with Gasteiger partial charge in [-0.05, 0) is 42.0 Å². The molecule has 4 nitrogen and oxygen atoms in total. The van der Waals surface area contributed by atoms with Crippen molar-refractivity contribution in [1.29, 1.82) is 0 Å². The highest BCUT2D eigenvalue weighted by Crippen LogP contribution is 2.40. The number of hydrogen-bond acceptors (Lipinski definition) is 3. The number of pyridine rings is 1. The Balaban J connectivity index is 1.81. The molecule has 5 heteroatoms. The number of aromatic nitrogens is 1. The summed E-state index contributed by atoms with van der Waals surface area (Å²) < 4.78 is 18.9. The second-order valence-electron chi connectivity index (χ2n) is 6.18. The summed E-state index contributed by atoms with van der Waals surface area (Å²) >= 11 is 0. The van der Waals surface area contributed by atoms with E-state index in [0.717, 1.165) is 5.56 Å². The number of nitrogens with zero attached hydrogens (tertiary/aromatic N) is 1. The summed E-state index contributed by atoms with van der Waals surface area (Å²) in [5.74, 6) is -0.00762. The number of carbonyl (C=O) groups excluding carboxylic acids is 1. The van der Waals surface area contributed by atoms with Crippen LogP contribution in [-0.2, 0) is 5.54 Å². The normalized spacial score (nSPS) is 18.5. The molecule has 1 aliphatic rings. The smallest absolute Gasteiger partial charge is 0.252 e. The number of benzene rings is 2. The molecule has 1 N–H and O–H groups in total. The largest absolute Gasteiger partial charge is 0.491 e. The van der Waals surface area contributed by atoms with E-state index in [9.17, 15) is 9.18 Å². The van der Waals surface area contributed by atoms with E-state index in [1.165, 1.54) is 24.3 Å². The van der Waals surface area contributed by atoms with Gasteiger partial charge in [-0.15, -0.1) is 0 Å². The van der Waals surface area contributed by atoms with Crippen LogP contribution < -0.4 is 10.1 Å². The van der Waals surface area contributed by atoms with Crippen LogP contribution in [0.3, 0.4) is 0 Å². The van der Waals surface area contributed by atoms with Crippen molar-refractivity contribution in [2.24, 2.45) is 0 Å². The zero-order valence-electron chi connectivity index (χ0n) is 14.0. The molecular formula is C21H17FN2O2. The van der Waals surface area contributed by atoms with E-state index in [-0.39, 0.29) is 11.7 Å². The van der Waals surface area contributed by atoms with Crippen LogP contribution in [0.2, 0.25) is 0 Å². The number of hydrogen-bond donors (Lipinski definition) is 1. The molecule has 2 heterocycles. The maximum Gasteiger partial charge on any atom is 0.252 e. The van der Waals surface area contributed by atoms with E-state index in [1.54, 1.807) is 6.20 Å². The number of amides is 1. The maximum absolute atomic E-state index is 13.2. The number of halogens is 1. The van der Waals surface area contributed by atoms with E-state index in [0.29, 0.717) is 30.0 Å². The molecule has 0 aliphatic carbocycles. The average molecular weight is 348 g/mol. The minimum Gasteiger partial charge on any atom is -0.491 e. The van der Waals surface area contributed by atoms with Gasteiger partial charge in [-0.2, -0.15) is 0 Å². The van der Waals surface area contributed by atoms with Crippen molar-refractivity contribution in [3.63, 3.8) is 0 Å². The number of ether oxygens (including phenoxy) is 1. The predicted octanol–water partition coefficient (Wildman–Crippen LogP) is 3.68. The lowest BCUT2D eigenvalue weighted by atomic mass is 9.81. The zero-order valence-corrected chi connectivity index (χ0v) is 14.0. The number of rotatable bonds is 3. The quantitative estimate of drug-likeness (QED) is 0.786. The Morgan fingerprint density at radius 2 is 1.81 bits per heavy atom. The lowest BCUT2D eigenvalue weighted by Gasteiger charge is -2.39. The van der Waals surface area contributed by atoms with E-state index in [1.807, 2.05) is 42.5 Å². The second-order valence-corrected chi connectivity index (χ2v) is 6.18. The van der Waals surface area contributed by atoms with Gasteiger partial charge in [0.25, 0.3) is 5.91 Å². The van der Waals surface area contributed by atoms with Gasteiger partial charge in [-0.1, -0.05) is 30.3 Å². The third-order valence-corrected chi connectivity index (χ3v) is 4.61. The summed E-state index contributed by atoms with van der Waals surface area (Å²) in [7, 11) is 0. The van der Waals surface area contributed by atoms with Crippen LogP contribution in [0.5, 0.6) is 5.75 Å². The molecule has 1 aromatic heterocycles. The van der Waals surface area contributed by atoms with Crippen molar-refractivity contribution < 1.29 is 13.9 Å². The molecule has 0 saturated carbocycles. The molecule has 0 radical (unpaired) electrons. The predicted molar refractivity (Wildman–Crippen MR) is 95.4 cm³/mol. The van der Waals surface area contributed by atoms with E-state index >= 15 is 0 Å². The fourth-order valence-electron chi connectivity index (χ4n) is 3.32. The molecular weight excluding hydrogens is 331 g/mol. The Kier molecular flexibility index (Phi) is 4.13. The number of carbonyl (C=O) groups is 1. The molecule has 0 unspecified atom stereocenters. The first kappa shape index (κ1) is 16.3. The Morgan fingerprint density at radius 3 is 2.58 bits per heavy atom. The minimum absolute atomic E-state index is 0.285. The Hall–Kier alpha value is -3.21. The zero-order chi connectivity index (χ0) is 18.0. The van der Waals surface area contributed by atoms with Crippen LogP contribution in [0.15, 0.2) is 72.9 Å². The topological polar surface area (TPSA) is 51.2 Å². The number of nitrogens with one attached hydrogen (secondary N) is 1. The van der Waals surface area contributed by atoms with Gasteiger partial charge >= 0.3 is 0 Å². The summed E-state index contributed by atoms with van der Waals surface area (Å²) in [6, 6.07) is 18.9. The fraction of sp³-hybridized carbons (Fsp3) is 0.143. The van der Waals surface area contributed by atoms with Crippen molar-refractivity contribution in [2.45, 2.75) is 12.0 Å². The van der Waals surface area contributed by atoms with Crippen molar-refractivity contribution in [3.05, 3.63) is 95.6 Å². The first-order valence-corrected chi connectivity index (χ1v) is 8.41. The standard InChI is InChI=1S/C21H17FN2O2/c22-17-10-8-15(9-11-17)20(25)24-21(16-5-2-1-3-6-16)12-14-26-18-7-4-13-23-19(18)21/h1-11,13H,12,14H2,(H,24,25)/t21-/m1/s1. The summed E-state index contributed by atoms with van der Waals surface area (Å²) in [6.45, 7) is 0.456. The molecule has 0 fully saturated rings. The highest BCUT2D eigenvalue weighted by atomic mass is 19.1. The molecule has 1 aliphatic heterocycles. The van der Waals surface area contributed by atoms with Crippen molar-refractivity contribution in [3.8, 4) is 5.75 Å². The average Bonchev–Trinajstić information content (AvgIpc) is 2.69. The SMILES string of the molecule is O=C(N[C@@]1(c2ccccc2)CCOc2cccnc21)c1ccc(F)cc1. The third kappa shape index (κ3) is 2.81. The Labute approximate surface area is 150 Å². The maximum atomic E-state index is 13.2. The van der Waals surface area contributed by atoms with Crippen LogP contribution >= 0.6 is 0 Å². The second kappa shape index (κ2) is 6.59. The monoisotopic (exact) mass is 348 g/mol. The Morgan fingerprint density at radius 1 is 1.04 bits per heavy atom. The minimum atomic E-state index is -0.804. The number of fused-ring (bicyclic) bond motifs is 1. The summed E-state index contributed by atoms with van der Waals surface area (Å²) in [5.41, 5.74) is 1.19. The summed E-state index contributed by atoms with van der Waals surface area (Å²) in [6.07, 6.45) is 2.24. The lowest BCUT2D eigenvalue weighted by molar-refractivity contribution is 0.0883. The fourth-order valence-corrected chi connectivity index (χ4v) is 3.32. The van der Waals surface area contributed by atoms with Crippen molar-refractivity contribution in [2.75, 3.05) is 6.61 Å². The molecule has 3 aromatic rings. The molecule has 4 rings (SSSR count). The van der Waals surface area contributed by atoms with E-state index in [2.05, 4.69) is 10.3 Å². The van der Waals surface area contributed by atoms with Crippen molar-refractivity contribution in [1.82, 2.24) is 10.3 Å². The van der Waals surface area contributed by atoms with Gasteiger partial charge < -0.3 is 10.1 Å². The summed E-state index contributed by atoms with van der Waals surface area (Å²) in [4.78, 5) is 17.4. The first-order valence-electron chi connectivity index (χ1n) is 8.41. The Bertz CT molecular complexity index is 928. The van der Waals surface area contributed by atoms with Crippen LogP contribution in [0.4, 0.5) is 4.39 Å². The molecule has 0 bridgehead atoms. The van der Waals surface area contributed by atoms with Gasteiger partial charge in [0.05, 0.1) is 6.61 Å². The highest BCUT2D eigenvalue weighted by Gasteiger charge is 2.42. The molecule has 0 saturated heterocycles. The van der Waals surface area contributed by atoms with Crippen LogP contribution in [-0.4, -0.2) is 17.5 Å². The van der Waals surface area contributed by atoms with Gasteiger partial charge in [-0.25, -0.2) is 4.39 Å². The molecule has 0 spiro atoms. The first-order chi connectivity index (χ1) is 12.7. The molecule has 1 amide bonds. The van der Waals surface area contributed by atoms with E-state index < -0.39 is 5.54 Å². The van der Waals surface area contributed by atoms with Gasteiger partial charge in [0.2, 0.25) is 0 Å². The van der Waals surface area contributed by atoms with Crippen molar-refractivity contribution >= 4 is 5.91 Å². The van der Waals surface area contributed by atoms with Crippen LogP contribution in [0.25, 0.3) is 0 Å². The van der Waals surface area contributed by atoms with Gasteiger partial charge in [0, 0.05) is 18.2 Å². The van der Waals surface area contributed by atoms with Gasteiger partial charge in [0.15, 0.2) is 0 Å². The van der Waals surface area contributed by atoms with E-state index in [4.69, 9.17) is 4.74 Å². The molecule has 130 valence electrons. The lowest BCUT2D eigenvalue weighted by Crippen LogP contribution is -2.50. The van der Waals surface area contributed by atoms with Gasteiger partial charge in [-0.3, -0.25) is 9.78 Å². The van der Waals surface area contributed by atoms with Gasteiger partial charge in [0.1, 0.15) is 22.8 Å². The highest BCUT2D eigenvalue weighted by molar-refractivity contribution is 5.95. The molecule has 1 atom stereocenters. The molecule has 2 aromatic carbocycles. The third-order valence-electron chi connectivity index (χ3n) is 4.61. The summed E-state index contributed by atoms with van der Waals surface area (Å²) in [5, 5.41) is 3.14. The van der Waals surface area contributed by atoms with Crippen LogP contribution in [0.1, 0.15) is 28.0 Å². The molecule has 26 heavy (non-hydrogen) atoms.